The fourth-order valence-corrected chi connectivity index (χ4v) is 0.666. The second-order valence-corrected chi connectivity index (χ2v) is 3.81. The SMILES string of the molecule is CCC(C#N)OC(=O)NC(C)(C)C. The molecular weight excluding hydrogens is 168 g/mol. The van der Waals surface area contributed by atoms with E-state index in [1.54, 1.807) is 6.92 Å². The van der Waals surface area contributed by atoms with E-state index in [1.807, 2.05) is 26.8 Å². The first-order valence-corrected chi connectivity index (χ1v) is 4.27. The summed E-state index contributed by atoms with van der Waals surface area (Å²) < 4.78 is 4.81. The Bertz CT molecular complexity index is 213. The zero-order valence-electron chi connectivity index (χ0n) is 8.55. The number of nitrogens with zero attached hydrogens (tertiary/aromatic N) is 1. The van der Waals surface area contributed by atoms with E-state index in [-0.39, 0.29) is 5.54 Å². The van der Waals surface area contributed by atoms with E-state index >= 15 is 0 Å². The van der Waals surface area contributed by atoms with E-state index in [4.69, 9.17) is 10.00 Å². The van der Waals surface area contributed by atoms with Crippen LogP contribution < -0.4 is 5.32 Å². The van der Waals surface area contributed by atoms with Gasteiger partial charge in [0.1, 0.15) is 6.07 Å². The molecular formula is C9H16N2O2. The van der Waals surface area contributed by atoms with Crippen LogP contribution >= 0.6 is 0 Å². The van der Waals surface area contributed by atoms with Crippen molar-refractivity contribution in [2.24, 2.45) is 0 Å². The molecule has 0 radical (unpaired) electrons. The molecule has 0 aromatic heterocycles. The number of carbonyl (C=O) groups is 1. The smallest absolute Gasteiger partial charge is 0.408 e. The maximum atomic E-state index is 11.1. The Morgan fingerprint density at radius 3 is 2.46 bits per heavy atom. The van der Waals surface area contributed by atoms with E-state index in [0.29, 0.717) is 6.42 Å². The van der Waals surface area contributed by atoms with Gasteiger partial charge in [-0.15, -0.1) is 0 Å². The summed E-state index contributed by atoms with van der Waals surface area (Å²) in [5.41, 5.74) is -0.329. The first kappa shape index (κ1) is 11.8. The minimum atomic E-state index is -0.651. The second-order valence-electron chi connectivity index (χ2n) is 3.81. The van der Waals surface area contributed by atoms with Crippen LogP contribution in [0.15, 0.2) is 0 Å². The van der Waals surface area contributed by atoms with Crippen LogP contribution in [0.4, 0.5) is 4.79 Å². The van der Waals surface area contributed by atoms with E-state index < -0.39 is 12.2 Å². The number of amides is 1. The Morgan fingerprint density at radius 1 is 1.62 bits per heavy atom. The molecule has 0 saturated heterocycles. The van der Waals surface area contributed by atoms with Crippen molar-refractivity contribution in [3.05, 3.63) is 0 Å². The minimum absolute atomic E-state index is 0.329. The van der Waals surface area contributed by atoms with Gasteiger partial charge < -0.3 is 10.1 Å². The van der Waals surface area contributed by atoms with Gasteiger partial charge in [0.25, 0.3) is 0 Å². The number of nitriles is 1. The summed E-state index contributed by atoms with van der Waals surface area (Å²) >= 11 is 0. The van der Waals surface area contributed by atoms with Crippen LogP contribution in [-0.4, -0.2) is 17.7 Å². The number of carbonyl (C=O) groups excluding carboxylic acids is 1. The Balaban J connectivity index is 3.96. The number of nitrogens with one attached hydrogen (secondary N) is 1. The second kappa shape index (κ2) is 4.70. The van der Waals surface area contributed by atoms with Crippen LogP contribution in [0, 0.1) is 11.3 Å². The van der Waals surface area contributed by atoms with Gasteiger partial charge in [0, 0.05) is 5.54 Å². The van der Waals surface area contributed by atoms with Crippen molar-refractivity contribution in [2.75, 3.05) is 0 Å². The third-order valence-electron chi connectivity index (χ3n) is 1.24. The molecule has 0 rings (SSSR count). The molecule has 4 heteroatoms. The molecule has 0 saturated carbocycles. The van der Waals surface area contributed by atoms with Gasteiger partial charge >= 0.3 is 6.09 Å². The van der Waals surface area contributed by atoms with E-state index in [9.17, 15) is 4.79 Å². The van der Waals surface area contributed by atoms with Crippen molar-refractivity contribution in [1.29, 1.82) is 5.26 Å². The van der Waals surface area contributed by atoms with Gasteiger partial charge in [-0.1, -0.05) is 6.92 Å². The number of ether oxygens (including phenoxy) is 1. The molecule has 0 heterocycles. The van der Waals surface area contributed by atoms with Crippen LogP contribution in [0.25, 0.3) is 0 Å². The van der Waals surface area contributed by atoms with E-state index in [0.717, 1.165) is 0 Å². The molecule has 0 aliphatic rings. The molecule has 1 N–H and O–H groups in total. The fraction of sp³-hybridized carbons (Fsp3) is 0.778. The highest BCUT2D eigenvalue weighted by molar-refractivity contribution is 5.68. The van der Waals surface area contributed by atoms with Gasteiger partial charge in [-0.05, 0) is 27.2 Å². The Kier molecular flexibility index (Phi) is 4.26. The summed E-state index contributed by atoms with van der Waals surface area (Å²) in [5, 5.41) is 11.1. The predicted octanol–water partition coefficient (Wildman–Crippen LogP) is 1.81. The van der Waals surface area contributed by atoms with Crippen LogP contribution in [0.3, 0.4) is 0 Å². The first-order valence-electron chi connectivity index (χ1n) is 4.27. The summed E-state index contributed by atoms with van der Waals surface area (Å²) in [6.45, 7) is 7.34. The van der Waals surface area contributed by atoms with Gasteiger partial charge in [-0.3, -0.25) is 0 Å². The van der Waals surface area contributed by atoms with Gasteiger partial charge in [0.15, 0.2) is 6.10 Å². The highest BCUT2D eigenvalue weighted by Gasteiger charge is 2.17. The average Bonchev–Trinajstić information content (AvgIpc) is 1.96. The Hall–Kier alpha value is -1.24. The van der Waals surface area contributed by atoms with Crippen LogP contribution in [0.5, 0.6) is 0 Å². The highest BCUT2D eigenvalue weighted by Crippen LogP contribution is 2.02. The average molecular weight is 184 g/mol. The van der Waals surface area contributed by atoms with Gasteiger partial charge in [0.05, 0.1) is 0 Å². The van der Waals surface area contributed by atoms with Gasteiger partial charge in [0.2, 0.25) is 0 Å². The predicted molar refractivity (Wildman–Crippen MR) is 49.1 cm³/mol. The standard InChI is InChI=1S/C9H16N2O2/c1-5-7(6-10)13-8(12)11-9(2,3)4/h7H,5H2,1-4H3,(H,11,12). The van der Waals surface area contributed by atoms with E-state index in [2.05, 4.69) is 5.32 Å². The number of hydrogen-bond donors (Lipinski definition) is 1. The molecule has 0 aliphatic carbocycles. The van der Waals surface area contributed by atoms with Crippen molar-refractivity contribution < 1.29 is 9.53 Å². The van der Waals surface area contributed by atoms with Crippen LogP contribution in [0.1, 0.15) is 34.1 Å². The number of hydrogen-bond acceptors (Lipinski definition) is 3. The molecule has 74 valence electrons. The lowest BCUT2D eigenvalue weighted by Crippen LogP contribution is -2.42. The lowest BCUT2D eigenvalue weighted by atomic mass is 10.1. The summed E-state index contributed by atoms with van der Waals surface area (Å²) in [6.07, 6.45) is -0.683. The molecule has 0 fully saturated rings. The van der Waals surface area contributed by atoms with Crippen molar-refractivity contribution in [3.63, 3.8) is 0 Å². The summed E-state index contributed by atoms with van der Waals surface area (Å²) in [6, 6.07) is 1.89. The third-order valence-corrected chi connectivity index (χ3v) is 1.24. The molecule has 13 heavy (non-hydrogen) atoms. The van der Waals surface area contributed by atoms with Crippen LogP contribution in [-0.2, 0) is 4.74 Å². The van der Waals surface area contributed by atoms with Crippen molar-refractivity contribution in [1.82, 2.24) is 5.32 Å². The molecule has 1 atom stereocenters. The largest absolute Gasteiger partial charge is 0.431 e. The number of alkyl carbamates (subject to hydrolysis) is 1. The Morgan fingerprint density at radius 2 is 2.15 bits per heavy atom. The van der Waals surface area contributed by atoms with E-state index in [1.165, 1.54) is 0 Å². The summed E-state index contributed by atoms with van der Waals surface area (Å²) in [7, 11) is 0. The molecule has 1 amide bonds. The quantitative estimate of drug-likeness (QED) is 0.712. The molecule has 0 spiro atoms. The van der Waals surface area contributed by atoms with Crippen molar-refractivity contribution in [3.8, 4) is 6.07 Å². The summed E-state index contributed by atoms with van der Waals surface area (Å²) in [5.74, 6) is 0. The molecule has 0 bridgehead atoms. The highest BCUT2D eigenvalue weighted by atomic mass is 16.6. The normalized spacial score (nSPS) is 12.8. The Labute approximate surface area is 78.9 Å². The number of rotatable bonds is 2. The van der Waals surface area contributed by atoms with Crippen molar-refractivity contribution >= 4 is 6.09 Å². The van der Waals surface area contributed by atoms with Gasteiger partial charge in [-0.2, -0.15) is 5.26 Å². The monoisotopic (exact) mass is 184 g/mol. The molecule has 4 nitrogen and oxygen atoms in total. The van der Waals surface area contributed by atoms with Crippen LogP contribution in [0.2, 0.25) is 0 Å². The molecule has 1 unspecified atom stereocenters. The lowest BCUT2D eigenvalue weighted by molar-refractivity contribution is 0.113. The molecule has 0 aromatic carbocycles. The topological polar surface area (TPSA) is 62.1 Å². The zero-order chi connectivity index (χ0) is 10.5. The van der Waals surface area contributed by atoms with Crippen molar-refractivity contribution in [2.45, 2.75) is 45.8 Å². The summed E-state index contributed by atoms with van der Waals surface area (Å²) in [4.78, 5) is 11.1. The minimum Gasteiger partial charge on any atom is -0.431 e. The maximum absolute atomic E-state index is 11.1. The third kappa shape index (κ3) is 5.97. The van der Waals surface area contributed by atoms with Gasteiger partial charge in [-0.25, -0.2) is 4.79 Å². The molecule has 0 aromatic rings. The zero-order valence-corrected chi connectivity index (χ0v) is 8.55. The maximum Gasteiger partial charge on any atom is 0.408 e. The first-order chi connectivity index (χ1) is 5.89. The lowest BCUT2D eigenvalue weighted by Gasteiger charge is -2.20. The fourth-order valence-electron chi connectivity index (χ4n) is 0.666. The molecule has 0 aliphatic heterocycles.